The first kappa shape index (κ1) is 15.9. The Labute approximate surface area is 142 Å². The lowest BCUT2D eigenvalue weighted by Crippen LogP contribution is -2.63. The predicted octanol–water partition coefficient (Wildman–Crippen LogP) is 1.33. The number of aromatic nitrogens is 1. The van der Waals surface area contributed by atoms with Gasteiger partial charge in [-0.3, -0.25) is 4.79 Å². The van der Waals surface area contributed by atoms with Crippen molar-refractivity contribution in [2.24, 2.45) is 5.73 Å². The molecule has 0 radical (unpaired) electrons. The Balaban J connectivity index is 2.07. The first-order valence-corrected chi connectivity index (χ1v) is 8.11. The van der Waals surface area contributed by atoms with E-state index in [1.807, 2.05) is 18.7 Å². The van der Waals surface area contributed by atoms with Gasteiger partial charge in [-0.25, -0.2) is 9.18 Å². The van der Waals surface area contributed by atoms with E-state index in [1.165, 1.54) is 6.20 Å². The van der Waals surface area contributed by atoms with Crippen LogP contribution in [0.5, 0.6) is 5.75 Å². The van der Waals surface area contributed by atoms with Crippen molar-refractivity contribution in [2.45, 2.75) is 32.0 Å². The number of carboxylic acids is 1. The molecule has 2 aromatic rings. The summed E-state index contributed by atoms with van der Waals surface area (Å²) in [5, 5.41) is 9.30. The summed E-state index contributed by atoms with van der Waals surface area (Å²) in [5.41, 5.74) is 5.54. The molecule has 3 atom stereocenters. The number of nitrogens with two attached hydrogens (primary N) is 1. The average molecular weight is 347 g/mol. The zero-order valence-electron chi connectivity index (χ0n) is 13.8. The molecule has 7 nitrogen and oxygen atoms in total. The quantitative estimate of drug-likeness (QED) is 0.850. The molecule has 1 fully saturated rings. The number of halogens is 1. The van der Waals surface area contributed by atoms with E-state index in [1.54, 1.807) is 4.57 Å². The molecular formula is C17H18FN3O4. The van der Waals surface area contributed by atoms with Crippen LogP contribution in [0.15, 0.2) is 17.1 Å². The highest BCUT2D eigenvalue weighted by atomic mass is 19.1. The molecule has 0 aliphatic carbocycles. The molecule has 1 aromatic carbocycles. The van der Waals surface area contributed by atoms with Gasteiger partial charge in [0.1, 0.15) is 17.9 Å². The maximum Gasteiger partial charge on any atom is 0.341 e. The number of hydrogen-bond donors (Lipinski definition) is 2. The summed E-state index contributed by atoms with van der Waals surface area (Å²) in [6.45, 7) is 4.50. The fourth-order valence-electron chi connectivity index (χ4n) is 3.57. The number of aromatic carboxylic acids is 1. The molecule has 0 unspecified atom stereocenters. The monoisotopic (exact) mass is 347 g/mol. The highest BCUT2D eigenvalue weighted by Gasteiger charge is 2.38. The molecule has 0 amide bonds. The van der Waals surface area contributed by atoms with E-state index in [-0.39, 0.29) is 47.1 Å². The molecule has 2 aliphatic rings. The SMILES string of the molecule is C[C@H]1[C@H](N)CN1c1c(F)cc2c(=O)c(C(=O)O)cn3c2c1OC[C@@H]3C. The second kappa shape index (κ2) is 5.19. The first-order chi connectivity index (χ1) is 11.8. The summed E-state index contributed by atoms with van der Waals surface area (Å²) in [7, 11) is 0. The Morgan fingerprint density at radius 1 is 1.44 bits per heavy atom. The van der Waals surface area contributed by atoms with E-state index >= 15 is 0 Å². The van der Waals surface area contributed by atoms with Crippen molar-refractivity contribution in [1.29, 1.82) is 0 Å². The number of rotatable bonds is 2. The summed E-state index contributed by atoms with van der Waals surface area (Å²) in [6, 6.07) is 0.825. The largest absolute Gasteiger partial charge is 0.487 e. The van der Waals surface area contributed by atoms with Crippen LogP contribution in [0.2, 0.25) is 0 Å². The summed E-state index contributed by atoms with van der Waals surface area (Å²) in [4.78, 5) is 25.7. The molecule has 1 aromatic heterocycles. The van der Waals surface area contributed by atoms with Crippen molar-refractivity contribution in [3.63, 3.8) is 0 Å². The molecule has 2 aliphatic heterocycles. The van der Waals surface area contributed by atoms with Crippen LogP contribution in [0.1, 0.15) is 30.2 Å². The van der Waals surface area contributed by atoms with Crippen molar-refractivity contribution in [2.75, 3.05) is 18.1 Å². The molecule has 0 saturated carbocycles. The van der Waals surface area contributed by atoms with Gasteiger partial charge >= 0.3 is 5.97 Å². The normalized spacial score (nSPS) is 24.8. The van der Waals surface area contributed by atoms with Gasteiger partial charge in [-0.15, -0.1) is 0 Å². The molecule has 4 rings (SSSR count). The van der Waals surface area contributed by atoms with Crippen molar-refractivity contribution in [1.82, 2.24) is 4.57 Å². The highest BCUT2D eigenvalue weighted by molar-refractivity contribution is 5.97. The van der Waals surface area contributed by atoms with Gasteiger partial charge in [-0.2, -0.15) is 0 Å². The van der Waals surface area contributed by atoms with E-state index in [0.717, 1.165) is 6.07 Å². The van der Waals surface area contributed by atoms with E-state index < -0.39 is 17.2 Å². The van der Waals surface area contributed by atoms with Crippen molar-refractivity contribution >= 4 is 22.6 Å². The number of carboxylic acid groups (broad SMARTS) is 1. The second-order valence-corrected chi connectivity index (χ2v) is 6.73. The minimum absolute atomic E-state index is 0.0141. The van der Waals surface area contributed by atoms with Gasteiger partial charge in [0.25, 0.3) is 0 Å². The minimum atomic E-state index is -1.33. The van der Waals surface area contributed by atoms with Gasteiger partial charge in [0.05, 0.1) is 16.9 Å². The number of carbonyl (C=O) groups is 1. The Hall–Kier alpha value is -2.61. The number of hydrogen-bond acceptors (Lipinski definition) is 5. The van der Waals surface area contributed by atoms with Crippen LogP contribution >= 0.6 is 0 Å². The molecule has 0 spiro atoms. The molecule has 0 bridgehead atoms. The van der Waals surface area contributed by atoms with E-state index in [2.05, 4.69) is 0 Å². The Kier molecular flexibility index (Phi) is 3.30. The van der Waals surface area contributed by atoms with Gasteiger partial charge in [0.15, 0.2) is 11.6 Å². The maximum absolute atomic E-state index is 14.8. The van der Waals surface area contributed by atoms with E-state index in [0.29, 0.717) is 12.1 Å². The number of anilines is 1. The van der Waals surface area contributed by atoms with Crippen molar-refractivity contribution in [3.05, 3.63) is 33.9 Å². The van der Waals surface area contributed by atoms with Crippen LogP contribution in [0.25, 0.3) is 10.9 Å². The number of ether oxygens (including phenoxy) is 1. The summed E-state index contributed by atoms with van der Waals surface area (Å²) < 4.78 is 22.3. The van der Waals surface area contributed by atoms with Crippen LogP contribution in [-0.4, -0.2) is 40.9 Å². The Bertz CT molecular complexity index is 971. The van der Waals surface area contributed by atoms with Gasteiger partial charge in [0.2, 0.25) is 5.43 Å². The molecule has 25 heavy (non-hydrogen) atoms. The summed E-state index contributed by atoms with van der Waals surface area (Å²) in [6.07, 6.45) is 1.32. The van der Waals surface area contributed by atoms with Crippen LogP contribution in [0, 0.1) is 5.82 Å². The van der Waals surface area contributed by atoms with Crippen LogP contribution in [0.3, 0.4) is 0 Å². The zero-order valence-corrected chi connectivity index (χ0v) is 13.8. The van der Waals surface area contributed by atoms with Crippen molar-refractivity contribution < 1.29 is 19.0 Å². The minimum Gasteiger partial charge on any atom is -0.487 e. The van der Waals surface area contributed by atoms with E-state index in [9.17, 15) is 19.1 Å². The smallest absolute Gasteiger partial charge is 0.341 e. The third-order valence-electron chi connectivity index (χ3n) is 5.18. The van der Waals surface area contributed by atoms with Gasteiger partial charge in [-0.1, -0.05) is 0 Å². The Morgan fingerprint density at radius 3 is 2.76 bits per heavy atom. The number of benzene rings is 1. The molecule has 3 N–H and O–H groups in total. The van der Waals surface area contributed by atoms with Gasteiger partial charge in [-0.05, 0) is 19.9 Å². The predicted molar refractivity (Wildman–Crippen MR) is 90.1 cm³/mol. The average Bonchev–Trinajstić information content (AvgIpc) is 2.57. The summed E-state index contributed by atoms with van der Waals surface area (Å²) >= 11 is 0. The first-order valence-electron chi connectivity index (χ1n) is 8.11. The molecule has 1 saturated heterocycles. The van der Waals surface area contributed by atoms with Crippen LogP contribution in [0.4, 0.5) is 10.1 Å². The molecule has 3 heterocycles. The Morgan fingerprint density at radius 2 is 2.16 bits per heavy atom. The third-order valence-corrected chi connectivity index (χ3v) is 5.18. The fourth-order valence-corrected chi connectivity index (χ4v) is 3.57. The molecular weight excluding hydrogens is 329 g/mol. The fraction of sp³-hybridized carbons (Fsp3) is 0.412. The number of pyridine rings is 1. The van der Waals surface area contributed by atoms with E-state index in [4.69, 9.17) is 10.5 Å². The van der Waals surface area contributed by atoms with Gasteiger partial charge in [0, 0.05) is 24.8 Å². The standard InChI is InChI=1S/C17H18FN3O4/c1-7-6-25-16-13-9(15(22)10(17(23)24)4-20(7)13)3-11(18)14(16)21-5-12(19)8(21)2/h3-4,7-8,12H,5-6,19H2,1-2H3,(H,23,24)/t7-,8-,12+/m0/s1. The summed E-state index contributed by atoms with van der Waals surface area (Å²) in [5.74, 6) is -1.66. The van der Waals surface area contributed by atoms with Crippen LogP contribution in [-0.2, 0) is 0 Å². The van der Waals surface area contributed by atoms with Crippen LogP contribution < -0.4 is 20.8 Å². The number of nitrogens with zero attached hydrogens (tertiary/aromatic N) is 2. The second-order valence-electron chi connectivity index (χ2n) is 6.73. The lowest BCUT2D eigenvalue weighted by molar-refractivity contribution is 0.0694. The zero-order chi connectivity index (χ0) is 18.0. The molecule has 132 valence electrons. The maximum atomic E-state index is 14.8. The topological polar surface area (TPSA) is 97.8 Å². The molecule has 8 heteroatoms. The lowest BCUT2D eigenvalue weighted by atomic mass is 9.96. The van der Waals surface area contributed by atoms with Crippen molar-refractivity contribution in [3.8, 4) is 5.75 Å². The van der Waals surface area contributed by atoms with Gasteiger partial charge < -0.3 is 25.0 Å². The lowest BCUT2D eigenvalue weighted by Gasteiger charge is -2.47. The third kappa shape index (κ3) is 2.07. The highest BCUT2D eigenvalue weighted by Crippen LogP contribution is 2.44.